The number of hydrogen-bond acceptors (Lipinski definition) is 6. The van der Waals surface area contributed by atoms with Gasteiger partial charge >= 0.3 is 6.09 Å². The van der Waals surface area contributed by atoms with Crippen LogP contribution < -0.4 is 4.74 Å². The summed E-state index contributed by atoms with van der Waals surface area (Å²) in [6, 6.07) is 15.5. The van der Waals surface area contributed by atoms with Crippen LogP contribution in [0.2, 0.25) is 0 Å². The van der Waals surface area contributed by atoms with Gasteiger partial charge in [-0.15, -0.1) is 4.31 Å². The number of methoxy groups -OCH3 is 1. The molecule has 3 aromatic rings. The molecular weight excluding hydrogens is 498 g/mol. The average Bonchev–Trinajstić information content (AvgIpc) is 2.72. The fraction of sp³-hybridized carbons (Fsp3) is 0.217. The first kappa shape index (κ1) is 23.7. The van der Waals surface area contributed by atoms with Gasteiger partial charge < -0.3 is 9.47 Å². The first-order valence-electron chi connectivity index (χ1n) is 9.59. The van der Waals surface area contributed by atoms with Gasteiger partial charge in [-0.2, -0.15) is 0 Å². The quantitative estimate of drug-likeness (QED) is 0.459. The minimum Gasteiger partial charge on any atom is -0.497 e. The van der Waals surface area contributed by atoms with Gasteiger partial charge in [0.25, 0.3) is 15.9 Å². The van der Waals surface area contributed by atoms with Gasteiger partial charge in [-0.25, -0.2) is 13.2 Å². The molecule has 32 heavy (non-hydrogen) atoms. The van der Waals surface area contributed by atoms with Gasteiger partial charge in [-0.05, 0) is 67.9 Å². The van der Waals surface area contributed by atoms with E-state index in [1.54, 1.807) is 51.1 Å². The summed E-state index contributed by atoms with van der Waals surface area (Å²) >= 11 is 3.43. The summed E-state index contributed by atoms with van der Waals surface area (Å²) in [4.78, 5) is 26.3. The zero-order chi connectivity index (χ0) is 23.7. The lowest BCUT2D eigenvalue weighted by Crippen LogP contribution is -2.44. The Kier molecular flexibility index (Phi) is 6.61. The Bertz CT molecular complexity index is 1280. The van der Waals surface area contributed by atoms with E-state index in [9.17, 15) is 18.0 Å². The lowest BCUT2D eigenvalue weighted by Gasteiger charge is -2.26. The molecule has 9 heteroatoms. The molecule has 168 valence electrons. The van der Waals surface area contributed by atoms with Crippen LogP contribution >= 0.6 is 15.9 Å². The van der Waals surface area contributed by atoms with Crippen LogP contribution in [0.5, 0.6) is 5.75 Å². The molecule has 0 aliphatic carbocycles. The molecule has 0 heterocycles. The lowest BCUT2D eigenvalue weighted by molar-refractivity contribution is 0.0371. The Labute approximate surface area is 195 Å². The number of imide groups is 1. The number of carbonyl (C=O) groups is 2. The molecule has 0 fully saturated rings. The number of benzene rings is 3. The number of rotatable bonds is 4. The normalized spacial score (nSPS) is 11.8. The average molecular weight is 520 g/mol. The second-order valence-electron chi connectivity index (χ2n) is 7.87. The van der Waals surface area contributed by atoms with Crippen molar-refractivity contribution >= 4 is 48.7 Å². The van der Waals surface area contributed by atoms with Crippen LogP contribution in [-0.4, -0.2) is 37.4 Å². The number of halogens is 1. The highest BCUT2D eigenvalue weighted by atomic mass is 79.9. The van der Waals surface area contributed by atoms with Crippen LogP contribution in [0.15, 0.2) is 70.0 Å². The summed E-state index contributed by atoms with van der Waals surface area (Å²) in [5.74, 6) is -0.586. The van der Waals surface area contributed by atoms with Gasteiger partial charge in [0.05, 0.1) is 12.0 Å². The van der Waals surface area contributed by atoms with E-state index in [2.05, 4.69) is 15.9 Å². The molecule has 2 amide bonds. The maximum atomic E-state index is 13.5. The predicted octanol–water partition coefficient (Wildman–Crippen LogP) is 5.38. The predicted molar refractivity (Wildman–Crippen MR) is 124 cm³/mol. The van der Waals surface area contributed by atoms with Crippen molar-refractivity contribution in [2.45, 2.75) is 31.3 Å². The van der Waals surface area contributed by atoms with Gasteiger partial charge in [0.1, 0.15) is 11.4 Å². The van der Waals surface area contributed by atoms with Crippen LogP contribution in [0.1, 0.15) is 31.1 Å². The van der Waals surface area contributed by atoms with Crippen molar-refractivity contribution in [3.8, 4) is 5.75 Å². The van der Waals surface area contributed by atoms with E-state index in [1.165, 1.54) is 37.4 Å². The Morgan fingerprint density at radius 1 is 0.906 bits per heavy atom. The maximum absolute atomic E-state index is 13.5. The van der Waals surface area contributed by atoms with E-state index in [0.29, 0.717) is 16.5 Å². The highest BCUT2D eigenvalue weighted by Crippen LogP contribution is 2.30. The van der Waals surface area contributed by atoms with Crippen LogP contribution in [0.4, 0.5) is 4.79 Å². The van der Waals surface area contributed by atoms with E-state index in [1.807, 2.05) is 0 Å². The number of nitrogens with zero attached hydrogens (tertiary/aromatic N) is 1. The molecule has 0 aliphatic rings. The van der Waals surface area contributed by atoms with Crippen LogP contribution in [-0.2, 0) is 14.8 Å². The van der Waals surface area contributed by atoms with E-state index < -0.39 is 27.6 Å². The van der Waals surface area contributed by atoms with Crippen molar-refractivity contribution in [2.75, 3.05) is 7.11 Å². The number of hydrogen-bond donors (Lipinski definition) is 0. The SMILES string of the molecule is COc1ccc(S(=O)(=O)N(C(=O)OC(C)(C)C)C(=O)c2ccc(Br)c3ccccc23)cc1. The molecule has 0 spiro atoms. The third kappa shape index (κ3) is 4.78. The third-order valence-corrected chi connectivity index (χ3v) is 6.80. The minimum absolute atomic E-state index is 0.0479. The minimum atomic E-state index is -4.58. The Balaban J connectivity index is 2.18. The smallest absolute Gasteiger partial charge is 0.431 e. The van der Waals surface area contributed by atoms with Crippen molar-refractivity contribution in [3.05, 3.63) is 70.7 Å². The molecule has 0 aliphatic heterocycles. The monoisotopic (exact) mass is 519 g/mol. The second kappa shape index (κ2) is 8.91. The zero-order valence-electron chi connectivity index (χ0n) is 18.0. The molecule has 0 bridgehead atoms. The largest absolute Gasteiger partial charge is 0.497 e. The number of sulfonamides is 1. The van der Waals surface area contributed by atoms with Crippen LogP contribution in [0.25, 0.3) is 10.8 Å². The van der Waals surface area contributed by atoms with E-state index in [-0.39, 0.29) is 14.8 Å². The Morgan fingerprint density at radius 2 is 1.50 bits per heavy atom. The summed E-state index contributed by atoms with van der Waals surface area (Å²) in [6.07, 6.45) is -1.29. The lowest BCUT2D eigenvalue weighted by atomic mass is 10.0. The van der Waals surface area contributed by atoms with E-state index in [4.69, 9.17) is 9.47 Å². The molecule has 0 N–H and O–H groups in total. The molecular formula is C23H22BrNO6S. The molecule has 7 nitrogen and oxygen atoms in total. The van der Waals surface area contributed by atoms with Crippen molar-refractivity contribution in [1.29, 1.82) is 0 Å². The van der Waals surface area contributed by atoms with Gasteiger partial charge in [-0.1, -0.05) is 40.2 Å². The standard InChI is InChI=1S/C23H22BrNO6S/c1-23(2,3)31-22(27)25(32(28,29)16-11-9-15(30-4)10-12-16)21(26)19-13-14-20(24)18-8-6-5-7-17(18)19/h5-14H,1-4H3. The highest BCUT2D eigenvalue weighted by molar-refractivity contribution is 9.10. The third-order valence-electron chi connectivity index (χ3n) is 4.44. The summed E-state index contributed by atoms with van der Waals surface area (Å²) in [5, 5.41) is 1.19. The molecule has 0 saturated heterocycles. The fourth-order valence-corrected chi connectivity index (χ4v) is 4.72. The topological polar surface area (TPSA) is 90.0 Å². The van der Waals surface area contributed by atoms with Crippen molar-refractivity contribution < 1.29 is 27.5 Å². The second-order valence-corrected chi connectivity index (χ2v) is 10.5. The van der Waals surface area contributed by atoms with Gasteiger partial charge in [0.2, 0.25) is 0 Å². The Morgan fingerprint density at radius 3 is 2.06 bits per heavy atom. The van der Waals surface area contributed by atoms with E-state index in [0.717, 1.165) is 4.47 Å². The summed E-state index contributed by atoms with van der Waals surface area (Å²) in [6.45, 7) is 4.76. The van der Waals surface area contributed by atoms with E-state index >= 15 is 0 Å². The maximum Gasteiger partial charge on any atom is 0.431 e. The molecule has 0 unspecified atom stereocenters. The first-order chi connectivity index (χ1) is 15.0. The number of ether oxygens (including phenoxy) is 2. The molecule has 0 radical (unpaired) electrons. The molecule has 3 rings (SSSR count). The first-order valence-corrected chi connectivity index (χ1v) is 11.8. The van der Waals surface area contributed by atoms with Crippen LogP contribution in [0, 0.1) is 0 Å². The molecule has 0 saturated carbocycles. The van der Waals surface area contributed by atoms with Crippen molar-refractivity contribution in [1.82, 2.24) is 4.31 Å². The summed E-state index contributed by atoms with van der Waals surface area (Å²) in [7, 11) is -3.14. The highest BCUT2D eigenvalue weighted by Gasteiger charge is 2.39. The van der Waals surface area contributed by atoms with Gasteiger partial charge in [0.15, 0.2) is 0 Å². The van der Waals surface area contributed by atoms with Gasteiger partial charge in [0, 0.05) is 10.0 Å². The molecule has 0 aromatic heterocycles. The van der Waals surface area contributed by atoms with Crippen molar-refractivity contribution in [2.24, 2.45) is 0 Å². The van der Waals surface area contributed by atoms with Crippen molar-refractivity contribution in [3.63, 3.8) is 0 Å². The Hall–Kier alpha value is -2.91. The summed E-state index contributed by atoms with van der Waals surface area (Å²) < 4.78 is 38.1. The number of amides is 2. The number of fused-ring (bicyclic) bond motifs is 1. The summed E-state index contributed by atoms with van der Waals surface area (Å²) in [5.41, 5.74) is -0.973. The fourth-order valence-electron chi connectivity index (χ4n) is 3.00. The number of carbonyl (C=O) groups excluding carboxylic acids is 2. The molecule has 0 atom stereocenters. The molecule has 3 aromatic carbocycles. The zero-order valence-corrected chi connectivity index (χ0v) is 20.4. The van der Waals surface area contributed by atoms with Crippen LogP contribution in [0.3, 0.4) is 0 Å². The van der Waals surface area contributed by atoms with Gasteiger partial charge in [-0.3, -0.25) is 4.79 Å².